The predicted molar refractivity (Wildman–Crippen MR) is 109 cm³/mol. The molecule has 26 heavy (non-hydrogen) atoms. The minimum atomic E-state index is -0.891. The monoisotopic (exact) mass is 367 g/mol. The lowest BCUT2D eigenvalue weighted by Crippen LogP contribution is -2.45. The second kappa shape index (κ2) is 7.38. The summed E-state index contributed by atoms with van der Waals surface area (Å²) in [5, 5.41) is 12.4. The first kappa shape index (κ1) is 18.1. The highest BCUT2D eigenvalue weighted by atomic mass is 32.2. The summed E-state index contributed by atoms with van der Waals surface area (Å²) in [6, 6.07) is 17.1. The van der Waals surface area contributed by atoms with Crippen LogP contribution in [0.4, 0.5) is 0 Å². The van der Waals surface area contributed by atoms with Gasteiger partial charge in [-0.25, -0.2) is 0 Å². The molecular formula is C23H29NOS. The predicted octanol–water partition coefficient (Wildman–Crippen LogP) is 4.90. The van der Waals surface area contributed by atoms with Crippen molar-refractivity contribution in [2.45, 2.75) is 41.9 Å². The summed E-state index contributed by atoms with van der Waals surface area (Å²) in [6.07, 6.45) is 4.81. The summed E-state index contributed by atoms with van der Waals surface area (Å²) in [5.74, 6) is 1.72. The topological polar surface area (TPSA) is 23.5 Å². The molecule has 0 bridgehead atoms. The van der Waals surface area contributed by atoms with Gasteiger partial charge in [-0.2, -0.15) is 0 Å². The van der Waals surface area contributed by atoms with Crippen LogP contribution in [0.15, 0.2) is 53.4 Å². The molecule has 1 aliphatic heterocycles. The maximum absolute atomic E-state index is 12.4. The Labute approximate surface area is 161 Å². The quantitative estimate of drug-likeness (QED) is 0.835. The van der Waals surface area contributed by atoms with E-state index in [1.165, 1.54) is 29.7 Å². The average Bonchev–Trinajstić information content (AvgIpc) is 2.78. The fourth-order valence-corrected chi connectivity index (χ4v) is 6.19. The molecule has 0 saturated heterocycles. The van der Waals surface area contributed by atoms with E-state index in [9.17, 15) is 5.11 Å². The molecule has 2 aromatic rings. The van der Waals surface area contributed by atoms with Crippen molar-refractivity contribution < 1.29 is 5.11 Å². The van der Waals surface area contributed by atoms with Crippen LogP contribution < -0.4 is 0 Å². The Hall–Kier alpha value is -1.29. The van der Waals surface area contributed by atoms with E-state index in [-0.39, 0.29) is 5.92 Å². The third-order valence-electron chi connectivity index (χ3n) is 6.15. The normalized spacial score (nSPS) is 28.3. The Balaban J connectivity index is 1.89. The molecule has 1 aliphatic carbocycles. The van der Waals surface area contributed by atoms with E-state index in [0.29, 0.717) is 5.92 Å². The molecule has 0 unspecified atom stereocenters. The fraction of sp³-hybridized carbons (Fsp3) is 0.478. The number of benzene rings is 2. The lowest BCUT2D eigenvalue weighted by molar-refractivity contribution is -0.0364. The Morgan fingerprint density at radius 3 is 2.50 bits per heavy atom. The summed E-state index contributed by atoms with van der Waals surface area (Å²) in [7, 11) is 4.31. The highest BCUT2D eigenvalue weighted by molar-refractivity contribution is 7.98. The molecule has 2 nitrogen and oxygen atoms in total. The molecule has 0 radical (unpaired) electrons. The Bertz CT molecular complexity index is 725. The van der Waals surface area contributed by atoms with E-state index in [1.807, 2.05) is 11.8 Å². The molecule has 1 fully saturated rings. The van der Waals surface area contributed by atoms with E-state index in [2.05, 4.69) is 67.5 Å². The van der Waals surface area contributed by atoms with Gasteiger partial charge in [0, 0.05) is 28.7 Å². The molecule has 2 aromatic carbocycles. The zero-order valence-electron chi connectivity index (χ0n) is 15.8. The average molecular weight is 368 g/mol. The van der Waals surface area contributed by atoms with Crippen LogP contribution in [0, 0.1) is 11.8 Å². The van der Waals surface area contributed by atoms with Crippen LogP contribution in [0.25, 0.3) is 0 Å². The summed E-state index contributed by atoms with van der Waals surface area (Å²) < 4.78 is 0. The lowest BCUT2D eigenvalue weighted by atomic mass is 9.64. The Morgan fingerprint density at radius 2 is 1.69 bits per heavy atom. The fourth-order valence-electron chi connectivity index (χ4n) is 5.07. The summed E-state index contributed by atoms with van der Waals surface area (Å²) >= 11 is 1.86. The minimum absolute atomic E-state index is 0.264. The molecule has 1 N–H and O–H groups in total. The molecule has 3 atom stereocenters. The van der Waals surface area contributed by atoms with Gasteiger partial charge >= 0.3 is 0 Å². The van der Waals surface area contributed by atoms with Crippen molar-refractivity contribution in [1.29, 1.82) is 0 Å². The molecule has 138 valence electrons. The first-order valence-electron chi connectivity index (χ1n) is 9.78. The number of hydrogen-bond donors (Lipinski definition) is 1. The van der Waals surface area contributed by atoms with E-state index >= 15 is 0 Å². The number of thioether (sulfide) groups is 1. The summed E-state index contributed by atoms with van der Waals surface area (Å²) in [5.41, 5.74) is 2.64. The van der Waals surface area contributed by atoms with Gasteiger partial charge < -0.3 is 10.0 Å². The van der Waals surface area contributed by atoms with Crippen LogP contribution in [0.2, 0.25) is 0 Å². The van der Waals surface area contributed by atoms with Gasteiger partial charge in [0.15, 0.2) is 0 Å². The summed E-state index contributed by atoms with van der Waals surface area (Å²) in [6.45, 7) is 1.05. The molecule has 2 aliphatic rings. The molecule has 0 spiro atoms. The molecule has 0 amide bonds. The number of fused-ring (bicyclic) bond motifs is 2. The summed E-state index contributed by atoms with van der Waals surface area (Å²) in [4.78, 5) is 3.52. The zero-order chi connectivity index (χ0) is 18.1. The van der Waals surface area contributed by atoms with Gasteiger partial charge in [-0.15, -0.1) is 11.8 Å². The van der Waals surface area contributed by atoms with Gasteiger partial charge in [0.05, 0.1) is 0 Å². The number of nitrogens with zero attached hydrogens (tertiary/aromatic N) is 1. The zero-order valence-corrected chi connectivity index (χ0v) is 16.6. The Morgan fingerprint density at radius 1 is 1.00 bits per heavy atom. The van der Waals surface area contributed by atoms with Crippen LogP contribution in [0.5, 0.6) is 0 Å². The second-order valence-corrected chi connectivity index (χ2v) is 9.14. The molecule has 3 heteroatoms. The van der Waals surface area contributed by atoms with Crippen molar-refractivity contribution in [3.8, 4) is 0 Å². The molecule has 1 saturated carbocycles. The van der Waals surface area contributed by atoms with Gasteiger partial charge in [0.1, 0.15) is 5.60 Å². The Kier molecular flexibility index (Phi) is 5.13. The van der Waals surface area contributed by atoms with Crippen LogP contribution in [0.1, 0.15) is 42.4 Å². The second-order valence-electron chi connectivity index (χ2n) is 8.12. The van der Waals surface area contributed by atoms with Crippen molar-refractivity contribution in [2.75, 3.05) is 20.6 Å². The highest BCUT2D eigenvalue weighted by Crippen LogP contribution is 2.52. The first-order valence-corrected chi connectivity index (χ1v) is 10.8. The third kappa shape index (κ3) is 3.11. The first-order chi connectivity index (χ1) is 12.6. The van der Waals surface area contributed by atoms with Crippen molar-refractivity contribution in [1.82, 2.24) is 4.90 Å². The smallest absolute Gasteiger partial charge is 0.119 e. The van der Waals surface area contributed by atoms with E-state index < -0.39 is 5.60 Å². The van der Waals surface area contributed by atoms with Crippen LogP contribution in [0.3, 0.4) is 0 Å². The van der Waals surface area contributed by atoms with Gasteiger partial charge in [0.25, 0.3) is 0 Å². The number of hydrogen-bond acceptors (Lipinski definition) is 3. The van der Waals surface area contributed by atoms with Crippen molar-refractivity contribution in [3.05, 3.63) is 65.2 Å². The van der Waals surface area contributed by atoms with Crippen molar-refractivity contribution in [2.24, 2.45) is 11.8 Å². The number of aliphatic hydroxyl groups is 1. The van der Waals surface area contributed by atoms with Gasteiger partial charge in [-0.3, -0.25) is 0 Å². The third-order valence-corrected chi connectivity index (χ3v) is 7.28. The van der Waals surface area contributed by atoms with E-state index in [4.69, 9.17) is 0 Å². The van der Waals surface area contributed by atoms with Crippen LogP contribution >= 0.6 is 11.8 Å². The lowest BCUT2D eigenvalue weighted by Gasteiger charge is -2.45. The molecule has 1 heterocycles. The molecule has 4 rings (SSSR count). The van der Waals surface area contributed by atoms with Gasteiger partial charge in [-0.1, -0.05) is 55.3 Å². The van der Waals surface area contributed by atoms with Crippen LogP contribution in [-0.4, -0.2) is 30.6 Å². The van der Waals surface area contributed by atoms with Gasteiger partial charge in [0.2, 0.25) is 0 Å². The number of rotatable bonds is 3. The van der Waals surface area contributed by atoms with Crippen molar-refractivity contribution in [3.63, 3.8) is 0 Å². The van der Waals surface area contributed by atoms with E-state index in [1.54, 1.807) is 0 Å². The van der Waals surface area contributed by atoms with Gasteiger partial charge in [-0.05, 0) is 50.0 Å². The standard InChI is InChI=1S/C23H29NOS/c1-24(2)15-17-9-3-5-11-19(17)23(25)20-12-6-4-10-18(20)16-26-22-14-8-7-13-21(22)23/h4,6-8,10,12-14,17,19,25H,3,5,9,11,15-16H2,1-2H3/t17-,19-,23+/m0/s1. The van der Waals surface area contributed by atoms with Crippen molar-refractivity contribution >= 4 is 11.8 Å². The molecular weight excluding hydrogens is 338 g/mol. The highest BCUT2D eigenvalue weighted by Gasteiger charge is 2.47. The maximum atomic E-state index is 12.4. The maximum Gasteiger partial charge on any atom is 0.119 e. The SMILES string of the molecule is CN(C)C[C@@H]1CCCC[C@@H]1[C@@]1(O)c2ccccc2CSc2ccccc21. The van der Waals surface area contributed by atoms with E-state index in [0.717, 1.165) is 29.8 Å². The molecule has 0 aromatic heterocycles. The largest absolute Gasteiger partial charge is 0.380 e. The van der Waals surface area contributed by atoms with Crippen LogP contribution in [-0.2, 0) is 11.4 Å². The minimum Gasteiger partial charge on any atom is -0.380 e.